The van der Waals surface area contributed by atoms with Gasteiger partial charge in [0, 0.05) is 18.4 Å². The van der Waals surface area contributed by atoms with Crippen LogP contribution in [0.2, 0.25) is 0 Å². The molecule has 2 aliphatic rings. The van der Waals surface area contributed by atoms with Gasteiger partial charge < -0.3 is 4.74 Å². The van der Waals surface area contributed by atoms with Crippen LogP contribution < -0.4 is 0 Å². The third-order valence-corrected chi connectivity index (χ3v) is 3.54. The number of nitrogens with zero attached hydrogens (tertiary/aromatic N) is 1. The molecule has 2 heterocycles. The van der Waals surface area contributed by atoms with E-state index in [1.165, 1.54) is 45.3 Å². The topological polar surface area (TPSA) is 12.5 Å². The molecule has 2 saturated heterocycles. The standard InChI is InChI=1S/C10H18BrNO/c11-5-1-2-6-12-7-9-3-4-10(8-12)13-9/h9-10H,1-8H2. The molecule has 0 N–H and O–H groups in total. The first-order valence-corrected chi connectivity index (χ1v) is 6.44. The Labute approximate surface area is 88.8 Å². The van der Waals surface area contributed by atoms with Gasteiger partial charge in [-0.05, 0) is 32.2 Å². The van der Waals surface area contributed by atoms with E-state index < -0.39 is 0 Å². The Morgan fingerprint density at radius 3 is 2.46 bits per heavy atom. The van der Waals surface area contributed by atoms with Gasteiger partial charge in [-0.2, -0.15) is 0 Å². The van der Waals surface area contributed by atoms with E-state index in [4.69, 9.17) is 4.74 Å². The largest absolute Gasteiger partial charge is 0.372 e. The van der Waals surface area contributed by atoms with E-state index in [9.17, 15) is 0 Å². The summed E-state index contributed by atoms with van der Waals surface area (Å²) in [6, 6.07) is 0. The highest BCUT2D eigenvalue weighted by atomic mass is 79.9. The van der Waals surface area contributed by atoms with Gasteiger partial charge in [0.05, 0.1) is 12.2 Å². The second kappa shape index (κ2) is 4.76. The second-order valence-corrected chi connectivity index (χ2v) is 4.91. The van der Waals surface area contributed by atoms with Crippen molar-refractivity contribution in [2.24, 2.45) is 0 Å². The lowest BCUT2D eigenvalue weighted by atomic mass is 10.2. The third-order valence-electron chi connectivity index (χ3n) is 2.98. The Kier molecular flexibility index (Phi) is 3.64. The predicted molar refractivity (Wildman–Crippen MR) is 57.4 cm³/mol. The highest BCUT2D eigenvalue weighted by molar-refractivity contribution is 9.09. The highest BCUT2D eigenvalue weighted by Crippen LogP contribution is 2.26. The molecular weight excluding hydrogens is 230 g/mol. The van der Waals surface area contributed by atoms with Crippen LogP contribution in [0.3, 0.4) is 0 Å². The fraction of sp³-hybridized carbons (Fsp3) is 1.00. The monoisotopic (exact) mass is 247 g/mol. The fourth-order valence-corrected chi connectivity index (χ4v) is 2.71. The molecule has 0 aromatic carbocycles. The number of unbranched alkanes of at least 4 members (excludes halogenated alkanes) is 1. The smallest absolute Gasteiger partial charge is 0.0707 e. The summed E-state index contributed by atoms with van der Waals surface area (Å²) in [5.41, 5.74) is 0. The van der Waals surface area contributed by atoms with Gasteiger partial charge >= 0.3 is 0 Å². The highest BCUT2D eigenvalue weighted by Gasteiger charge is 2.32. The van der Waals surface area contributed by atoms with Crippen molar-refractivity contribution in [3.63, 3.8) is 0 Å². The lowest BCUT2D eigenvalue weighted by Gasteiger charge is -2.31. The van der Waals surface area contributed by atoms with Crippen molar-refractivity contribution in [2.45, 2.75) is 37.9 Å². The average molecular weight is 248 g/mol. The number of fused-ring (bicyclic) bond motifs is 2. The number of likely N-dealkylation sites (tertiary alicyclic amines) is 1. The number of rotatable bonds is 4. The van der Waals surface area contributed by atoms with Gasteiger partial charge in [0.2, 0.25) is 0 Å². The number of hydrogen-bond donors (Lipinski definition) is 0. The van der Waals surface area contributed by atoms with E-state index >= 15 is 0 Å². The maximum absolute atomic E-state index is 5.78. The maximum atomic E-state index is 5.78. The molecular formula is C10H18BrNO. The third kappa shape index (κ3) is 2.67. The predicted octanol–water partition coefficient (Wildman–Crippen LogP) is 2.02. The van der Waals surface area contributed by atoms with Crippen LogP contribution in [0.1, 0.15) is 25.7 Å². The molecule has 0 radical (unpaired) electrons. The Morgan fingerprint density at radius 1 is 1.15 bits per heavy atom. The number of morpholine rings is 1. The first kappa shape index (κ1) is 9.94. The average Bonchev–Trinajstić information content (AvgIpc) is 2.46. The SMILES string of the molecule is BrCCCCN1CC2CCC(C1)O2. The van der Waals surface area contributed by atoms with Gasteiger partial charge in [0.1, 0.15) is 0 Å². The van der Waals surface area contributed by atoms with E-state index in [0.29, 0.717) is 12.2 Å². The Hall–Kier alpha value is 0.400. The zero-order chi connectivity index (χ0) is 9.10. The van der Waals surface area contributed by atoms with Crippen LogP contribution in [-0.2, 0) is 4.74 Å². The number of alkyl halides is 1. The summed E-state index contributed by atoms with van der Waals surface area (Å²) < 4.78 is 5.78. The van der Waals surface area contributed by atoms with Gasteiger partial charge in [-0.1, -0.05) is 15.9 Å². The Balaban J connectivity index is 1.69. The molecule has 2 rings (SSSR count). The van der Waals surface area contributed by atoms with E-state index in [1.54, 1.807) is 0 Å². The summed E-state index contributed by atoms with van der Waals surface area (Å²) in [7, 11) is 0. The van der Waals surface area contributed by atoms with Crippen LogP contribution in [0.15, 0.2) is 0 Å². The zero-order valence-electron chi connectivity index (χ0n) is 8.04. The Bertz CT molecular complexity index is 153. The number of halogens is 1. The molecule has 0 amide bonds. The van der Waals surface area contributed by atoms with Gasteiger partial charge in [-0.3, -0.25) is 4.90 Å². The molecule has 2 unspecified atom stereocenters. The molecule has 13 heavy (non-hydrogen) atoms. The molecule has 3 heteroatoms. The van der Waals surface area contributed by atoms with Gasteiger partial charge in [0.25, 0.3) is 0 Å². The van der Waals surface area contributed by atoms with Crippen LogP contribution in [0.5, 0.6) is 0 Å². The van der Waals surface area contributed by atoms with E-state index in [0.717, 1.165) is 5.33 Å². The first-order chi connectivity index (χ1) is 6.38. The molecule has 2 bridgehead atoms. The molecule has 0 aromatic heterocycles. The molecule has 2 atom stereocenters. The molecule has 0 saturated carbocycles. The molecule has 0 spiro atoms. The van der Waals surface area contributed by atoms with Gasteiger partial charge in [-0.25, -0.2) is 0 Å². The summed E-state index contributed by atoms with van der Waals surface area (Å²) in [5.74, 6) is 0. The molecule has 0 aliphatic carbocycles. The van der Waals surface area contributed by atoms with E-state index in [1.807, 2.05) is 0 Å². The lowest BCUT2D eigenvalue weighted by molar-refractivity contribution is -0.0384. The molecule has 2 aliphatic heterocycles. The Morgan fingerprint density at radius 2 is 1.85 bits per heavy atom. The normalized spacial score (nSPS) is 33.9. The van der Waals surface area contributed by atoms with Crippen LogP contribution in [0.25, 0.3) is 0 Å². The van der Waals surface area contributed by atoms with Gasteiger partial charge in [-0.15, -0.1) is 0 Å². The van der Waals surface area contributed by atoms with Crippen LogP contribution in [-0.4, -0.2) is 42.1 Å². The van der Waals surface area contributed by atoms with Crippen molar-refractivity contribution < 1.29 is 4.74 Å². The summed E-state index contributed by atoms with van der Waals surface area (Å²) in [4.78, 5) is 2.58. The maximum Gasteiger partial charge on any atom is 0.0707 e. The summed E-state index contributed by atoms with van der Waals surface area (Å²) in [6.07, 6.45) is 6.32. The minimum Gasteiger partial charge on any atom is -0.372 e. The van der Waals surface area contributed by atoms with Crippen molar-refractivity contribution in [3.8, 4) is 0 Å². The molecule has 0 aromatic rings. The number of ether oxygens (including phenoxy) is 1. The zero-order valence-corrected chi connectivity index (χ0v) is 9.63. The minimum atomic E-state index is 0.558. The van der Waals surface area contributed by atoms with Gasteiger partial charge in [0.15, 0.2) is 0 Å². The molecule has 2 nitrogen and oxygen atoms in total. The summed E-state index contributed by atoms with van der Waals surface area (Å²) in [6.45, 7) is 3.62. The molecule has 2 fully saturated rings. The van der Waals surface area contributed by atoms with E-state index in [2.05, 4.69) is 20.8 Å². The van der Waals surface area contributed by atoms with Crippen LogP contribution in [0.4, 0.5) is 0 Å². The number of hydrogen-bond acceptors (Lipinski definition) is 2. The quantitative estimate of drug-likeness (QED) is 0.557. The fourth-order valence-electron chi connectivity index (χ4n) is 2.31. The summed E-state index contributed by atoms with van der Waals surface area (Å²) in [5, 5.41) is 1.14. The van der Waals surface area contributed by atoms with Crippen molar-refractivity contribution in [3.05, 3.63) is 0 Å². The summed E-state index contributed by atoms with van der Waals surface area (Å²) >= 11 is 3.47. The van der Waals surface area contributed by atoms with Crippen molar-refractivity contribution in [1.82, 2.24) is 4.90 Å². The minimum absolute atomic E-state index is 0.558. The van der Waals surface area contributed by atoms with Crippen molar-refractivity contribution >= 4 is 15.9 Å². The van der Waals surface area contributed by atoms with E-state index in [-0.39, 0.29) is 0 Å². The van der Waals surface area contributed by atoms with Crippen molar-refractivity contribution in [1.29, 1.82) is 0 Å². The van der Waals surface area contributed by atoms with Crippen LogP contribution in [0, 0.1) is 0 Å². The van der Waals surface area contributed by atoms with Crippen molar-refractivity contribution in [2.75, 3.05) is 25.0 Å². The second-order valence-electron chi connectivity index (χ2n) is 4.11. The van der Waals surface area contributed by atoms with Crippen LogP contribution >= 0.6 is 15.9 Å². The lowest BCUT2D eigenvalue weighted by Crippen LogP contribution is -2.42. The first-order valence-electron chi connectivity index (χ1n) is 5.32. The molecule has 76 valence electrons.